The van der Waals surface area contributed by atoms with Crippen LogP contribution in [0.5, 0.6) is 0 Å². The number of pyridine rings is 1. The molecular weight excluding hydrogens is 330 g/mol. The van der Waals surface area contributed by atoms with E-state index in [1.54, 1.807) is 55.8 Å². The van der Waals surface area contributed by atoms with Crippen molar-refractivity contribution in [2.24, 2.45) is 0 Å². The zero-order chi connectivity index (χ0) is 18.5. The topological polar surface area (TPSA) is 75.4 Å². The summed E-state index contributed by atoms with van der Waals surface area (Å²) in [5.74, 6) is -0.377. The maximum absolute atomic E-state index is 12.8. The third-order valence-electron chi connectivity index (χ3n) is 4.08. The molecule has 6 nitrogen and oxygen atoms in total. The molecule has 0 aliphatic heterocycles. The fourth-order valence-electron chi connectivity index (χ4n) is 2.62. The van der Waals surface area contributed by atoms with Crippen LogP contribution in [-0.4, -0.2) is 23.8 Å². The Morgan fingerprint density at radius 3 is 2.62 bits per heavy atom. The average molecular weight is 349 g/mol. The Labute approximate surface area is 151 Å². The van der Waals surface area contributed by atoms with Gasteiger partial charge in [-0.1, -0.05) is 18.2 Å². The summed E-state index contributed by atoms with van der Waals surface area (Å²) in [6.07, 6.45) is 4.83. The second kappa shape index (κ2) is 7.65. The molecule has 0 fully saturated rings. The molecule has 1 N–H and O–H groups in total. The summed E-state index contributed by atoms with van der Waals surface area (Å²) in [5, 5.41) is 2.94. The molecular formula is C20H19N3O3. The number of anilines is 1. The Kier molecular flexibility index (Phi) is 5.12. The summed E-state index contributed by atoms with van der Waals surface area (Å²) in [7, 11) is 1.61. The summed E-state index contributed by atoms with van der Waals surface area (Å²) in [6, 6.07) is 13.7. The van der Waals surface area contributed by atoms with Gasteiger partial charge in [-0.25, -0.2) is 0 Å². The molecule has 26 heavy (non-hydrogen) atoms. The molecule has 0 saturated carbocycles. The number of carbonyl (C=O) groups is 2. The van der Waals surface area contributed by atoms with Gasteiger partial charge in [-0.15, -0.1) is 0 Å². The second-order valence-electron chi connectivity index (χ2n) is 5.84. The minimum Gasteiger partial charge on any atom is -0.459 e. The van der Waals surface area contributed by atoms with Crippen molar-refractivity contribution in [2.75, 3.05) is 11.9 Å². The Bertz CT molecular complexity index is 892. The van der Waals surface area contributed by atoms with Crippen LogP contribution < -0.4 is 10.2 Å². The highest BCUT2D eigenvalue weighted by Crippen LogP contribution is 2.22. The van der Waals surface area contributed by atoms with Gasteiger partial charge in [0.15, 0.2) is 5.76 Å². The maximum atomic E-state index is 12.8. The number of hydrogen-bond acceptors (Lipinski definition) is 4. The molecule has 0 aliphatic rings. The lowest BCUT2D eigenvalue weighted by Gasteiger charge is -2.21. The van der Waals surface area contributed by atoms with Gasteiger partial charge in [0.2, 0.25) is 0 Å². The fourth-order valence-corrected chi connectivity index (χ4v) is 2.62. The summed E-state index contributed by atoms with van der Waals surface area (Å²) in [4.78, 5) is 30.8. The van der Waals surface area contributed by atoms with Gasteiger partial charge < -0.3 is 14.6 Å². The second-order valence-corrected chi connectivity index (χ2v) is 5.84. The first-order chi connectivity index (χ1) is 12.6. The molecule has 2 amide bonds. The van der Waals surface area contributed by atoms with E-state index >= 15 is 0 Å². The molecule has 2 heterocycles. The SMILES string of the molecule is C[C@@H](NC(=O)c1ccccc1N(C)C(=O)c1ccco1)c1cccnc1. The van der Waals surface area contributed by atoms with Crippen LogP contribution in [0.2, 0.25) is 0 Å². The zero-order valence-corrected chi connectivity index (χ0v) is 14.5. The van der Waals surface area contributed by atoms with E-state index in [9.17, 15) is 9.59 Å². The predicted molar refractivity (Wildman–Crippen MR) is 98.0 cm³/mol. The number of hydrogen-bond donors (Lipinski definition) is 1. The highest BCUT2D eigenvalue weighted by atomic mass is 16.3. The molecule has 0 spiro atoms. The molecule has 0 aliphatic carbocycles. The van der Waals surface area contributed by atoms with Gasteiger partial charge in [0.1, 0.15) is 0 Å². The monoisotopic (exact) mass is 349 g/mol. The standard InChI is InChI=1S/C20H19N3O3/c1-14(15-7-5-11-21-13-15)22-19(24)16-8-3-4-9-17(16)23(2)20(25)18-10-6-12-26-18/h3-14H,1-2H3,(H,22,24)/t14-/m1/s1. The van der Waals surface area contributed by atoms with Gasteiger partial charge in [0.05, 0.1) is 23.6 Å². The molecule has 1 aromatic carbocycles. The molecule has 0 unspecified atom stereocenters. The van der Waals surface area contributed by atoms with Crippen LogP contribution in [-0.2, 0) is 0 Å². The van der Waals surface area contributed by atoms with Crippen LogP contribution in [0.3, 0.4) is 0 Å². The molecule has 3 aromatic rings. The van der Waals surface area contributed by atoms with Gasteiger partial charge in [-0.2, -0.15) is 0 Å². The zero-order valence-electron chi connectivity index (χ0n) is 14.5. The third kappa shape index (κ3) is 3.64. The quantitative estimate of drug-likeness (QED) is 0.765. The first kappa shape index (κ1) is 17.4. The molecule has 132 valence electrons. The lowest BCUT2D eigenvalue weighted by molar-refractivity contribution is 0.0940. The molecule has 0 radical (unpaired) electrons. The molecule has 0 saturated heterocycles. The summed E-state index contributed by atoms with van der Waals surface area (Å²) >= 11 is 0. The third-order valence-corrected chi connectivity index (χ3v) is 4.08. The van der Waals surface area contributed by atoms with Gasteiger partial charge in [-0.3, -0.25) is 14.6 Å². The van der Waals surface area contributed by atoms with E-state index in [0.717, 1.165) is 5.56 Å². The summed E-state index contributed by atoms with van der Waals surface area (Å²) in [5.41, 5.74) is 1.81. The van der Waals surface area contributed by atoms with Crippen LogP contribution in [0.25, 0.3) is 0 Å². The summed E-state index contributed by atoms with van der Waals surface area (Å²) in [6.45, 7) is 1.88. The van der Waals surface area contributed by atoms with Crippen LogP contribution in [0.15, 0.2) is 71.6 Å². The average Bonchev–Trinajstić information content (AvgIpc) is 3.22. The number of nitrogens with one attached hydrogen (secondary N) is 1. The van der Waals surface area contributed by atoms with E-state index < -0.39 is 0 Å². The Hall–Kier alpha value is -3.41. The van der Waals surface area contributed by atoms with Gasteiger partial charge >= 0.3 is 0 Å². The van der Waals surface area contributed by atoms with Crippen molar-refractivity contribution < 1.29 is 14.0 Å². The minimum atomic E-state index is -0.324. The van der Waals surface area contributed by atoms with Crippen LogP contribution in [0.1, 0.15) is 39.4 Å². The van der Waals surface area contributed by atoms with E-state index in [1.165, 1.54) is 11.2 Å². The largest absolute Gasteiger partial charge is 0.459 e. The number of carbonyl (C=O) groups excluding carboxylic acids is 2. The maximum Gasteiger partial charge on any atom is 0.293 e. The summed E-state index contributed by atoms with van der Waals surface area (Å²) < 4.78 is 5.16. The number of benzene rings is 1. The highest BCUT2D eigenvalue weighted by Gasteiger charge is 2.22. The Morgan fingerprint density at radius 2 is 1.92 bits per heavy atom. The molecule has 2 aromatic heterocycles. The number of para-hydroxylation sites is 1. The van der Waals surface area contributed by atoms with E-state index in [-0.39, 0.29) is 23.6 Å². The number of aromatic nitrogens is 1. The van der Waals surface area contributed by atoms with Crippen molar-refractivity contribution >= 4 is 17.5 Å². The molecule has 3 rings (SSSR count). The van der Waals surface area contributed by atoms with E-state index in [2.05, 4.69) is 10.3 Å². The van der Waals surface area contributed by atoms with Crippen molar-refractivity contribution in [2.45, 2.75) is 13.0 Å². The number of amides is 2. The van der Waals surface area contributed by atoms with E-state index in [0.29, 0.717) is 11.3 Å². The number of nitrogens with zero attached hydrogens (tertiary/aromatic N) is 2. The van der Waals surface area contributed by atoms with Gasteiger partial charge in [-0.05, 0) is 42.8 Å². The van der Waals surface area contributed by atoms with Gasteiger partial charge in [0, 0.05) is 19.4 Å². The molecule has 6 heteroatoms. The Morgan fingerprint density at radius 1 is 1.12 bits per heavy atom. The van der Waals surface area contributed by atoms with E-state index in [1.807, 2.05) is 19.1 Å². The van der Waals surface area contributed by atoms with Crippen LogP contribution >= 0.6 is 0 Å². The minimum absolute atomic E-state index is 0.213. The first-order valence-corrected chi connectivity index (χ1v) is 8.19. The number of rotatable bonds is 5. The van der Waals surface area contributed by atoms with Crippen LogP contribution in [0.4, 0.5) is 5.69 Å². The lowest BCUT2D eigenvalue weighted by Crippen LogP contribution is -2.31. The van der Waals surface area contributed by atoms with E-state index in [4.69, 9.17) is 4.42 Å². The van der Waals surface area contributed by atoms with Crippen molar-refractivity contribution in [3.8, 4) is 0 Å². The van der Waals surface area contributed by atoms with Gasteiger partial charge in [0.25, 0.3) is 11.8 Å². The normalized spacial score (nSPS) is 11.6. The number of furan rings is 1. The van der Waals surface area contributed by atoms with Crippen molar-refractivity contribution in [3.63, 3.8) is 0 Å². The smallest absolute Gasteiger partial charge is 0.293 e. The van der Waals surface area contributed by atoms with Crippen molar-refractivity contribution in [1.82, 2.24) is 10.3 Å². The first-order valence-electron chi connectivity index (χ1n) is 8.19. The Balaban J connectivity index is 1.82. The fraction of sp³-hybridized carbons (Fsp3) is 0.150. The molecule has 0 bridgehead atoms. The molecule has 1 atom stereocenters. The van der Waals surface area contributed by atoms with Crippen LogP contribution in [0, 0.1) is 0 Å². The van der Waals surface area contributed by atoms with Crippen molar-refractivity contribution in [3.05, 3.63) is 84.1 Å². The van der Waals surface area contributed by atoms with Crippen molar-refractivity contribution in [1.29, 1.82) is 0 Å². The lowest BCUT2D eigenvalue weighted by atomic mass is 10.1. The highest BCUT2D eigenvalue weighted by molar-refractivity contribution is 6.09. The predicted octanol–water partition coefficient (Wildman–Crippen LogP) is 3.44.